The molecule has 0 spiro atoms. The summed E-state index contributed by atoms with van der Waals surface area (Å²) in [6, 6.07) is 10.5. The smallest absolute Gasteiger partial charge is 0.182 e. The molecule has 1 aromatic carbocycles. The van der Waals surface area contributed by atoms with Gasteiger partial charge < -0.3 is 14.7 Å². The van der Waals surface area contributed by atoms with Crippen molar-refractivity contribution < 1.29 is 9.84 Å². The number of rotatable bonds is 10. The van der Waals surface area contributed by atoms with Crippen molar-refractivity contribution in [3.05, 3.63) is 29.8 Å². The van der Waals surface area contributed by atoms with E-state index < -0.39 is 0 Å². The largest absolute Gasteiger partial charge is 0.481 e. The van der Waals surface area contributed by atoms with Crippen LogP contribution in [0, 0.1) is 11.3 Å². The molecule has 166 valence electrons. The first-order chi connectivity index (χ1) is 14.7. The van der Waals surface area contributed by atoms with Gasteiger partial charge in [0.25, 0.3) is 0 Å². The molecule has 3 aliphatic heterocycles. The molecule has 2 fully saturated rings. The molecular formula is C25H39N3O2. The SMILES string of the molecule is N=C(CCO)OCCCC1CC2CCC(C1)N2CCCN1CCCc2ccccc21. The van der Waals surface area contributed by atoms with E-state index in [-0.39, 0.29) is 12.5 Å². The van der Waals surface area contributed by atoms with Crippen molar-refractivity contribution in [3.63, 3.8) is 0 Å². The molecule has 3 heterocycles. The van der Waals surface area contributed by atoms with Gasteiger partial charge in [0.15, 0.2) is 5.90 Å². The molecule has 0 aromatic heterocycles. The molecule has 0 amide bonds. The minimum absolute atomic E-state index is 0.00489. The number of aryl methyl sites for hydroxylation is 1. The zero-order valence-electron chi connectivity index (χ0n) is 18.4. The lowest BCUT2D eigenvalue weighted by atomic mass is 9.87. The van der Waals surface area contributed by atoms with Crippen molar-refractivity contribution in [2.45, 2.75) is 76.3 Å². The molecule has 0 radical (unpaired) electrons. The van der Waals surface area contributed by atoms with Gasteiger partial charge in [-0.25, -0.2) is 0 Å². The number of aliphatic hydroxyl groups excluding tert-OH is 1. The van der Waals surface area contributed by atoms with E-state index in [9.17, 15) is 0 Å². The Morgan fingerprint density at radius 2 is 1.90 bits per heavy atom. The lowest BCUT2D eigenvalue weighted by Crippen LogP contribution is -2.44. The van der Waals surface area contributed by atoms with Crippen LogP contribution in [0.3, 0.4) is 0 Å². The van der Waals surface area contributed by atoms with Gasteiger partial charge in [-0.1, -0.05) is 18.2 Å². The van der Waals surface area contributed by atoms with Gasteiger partial charge in [-0.15, -0.1) is 0 Å². The van der Waals surface area contributed by atoms with Gasteiger partial charge in [0.2, 0.25) is 0 Å². The van der Waals surface area contributed by atoms with Gasteiger partial charge in [0, 0.05) is 43.8 Å². The van der Waals surface area contributed by atoms with Crippen LogP contribution in [-0.4, -0.2) is 60.8 Å². The van der Waals surface area contributed by atoms with Crippen molar-refractivity contribution in [3.8, 4) is 0 Å². The summed E-state index contributed by atoms with van der Waals surface area (Å²) in [5.41, 5.74) is 3.00. The van der Waals surface area contributed by atoms with Crippen LogP contribution >= 0.6 is 0 Å². The molecule has 2 atom stereocenters. The molecule has 5 nitrogen and oxygen atoms in total. The van der Waals surface area contributed by atoms with Crippen molar-refractivity contribution in [1.29, 1.82) is 5.41 Å². The summed E-state index contributed by atoms with van der Waals surface area (Å²) in [7, 11) is 0. The first-order valence-electron chi connectivity index (χ1n) is 12.1. The maximum Gasteiger partial charge on any atom is 0.182 e. The number of hydrogen-bond donors (Lipinski definition) is 2. The van der Waals surface area contributed by atoms with Gasteiger partial charge in [-0.2, -0.15) is 0 Å². The first-order valence-corrected chi connectivity index (χ1v) is 12.1. The summed E-state index contributed by atoms with van der Waals surface area (Å²) >= 11 is 0. The molecule has 2 saturated heterocycles. The van der Waals surface area contributed by atoms with Gasteiger partial charge in [0.05, 0.1) is 13.2 Å². The fourth-order valence-corrected chi connectivity index (χ4v) is 6.02. The third-order valence-electron chi connectivity index (χ3n) is 7.40. The van der Waals surface area contributed by atoms with Crippen molar-refractivity contribution >= 4 is 11.6 Å². The number of nitrogens with one attached hydrogen (secondary N) is 1. The third kappa shape index (κ3) is 5.36. The number of piperidine rings is 1. The van der Waals surface area contributed by atoms with Crippen LogP contribution < -0.4 is 4.90 Å². The fraction of sp³-hybridized carbons (Fsp3) is 0.720. The van der Waals surface area contributed by atoms with Crippen LogP contribution in [0.2, 0.25) is 0 Å². The normalized spacial score (nSPS) is 25.9. The quantitative estimate of drug-likeness (QED) is 0.342. The van der Waals surface area contributed by atoms with E-state index in [2.05, 4.69) is 34.1 Å². The highest BCUT2D eigenvalue weighted by Crippen LogP contribution is 2.40. The third-order valence-corrected chi connectivity index (χ3v) is 7.40. The van der Waals surface area contributed by atoms with Gasteiger partial charge in [-0.3, -0.25) is 10.3 Å². The molecular weight excluding hydrogens is 374 g/mol. The predicted octanol–water partition coefficient (Wildman–Crippen LogP) is 4.23. The monoisotopic (exact) mass is 413 g/mol. The average molecular weight is 414 g/mol. The highest BCUT2D eigenvalue weighted by atomic mass is 16.5. The molecule has 2 bridgehead atoms. The van der Waals surface area contributed by atoms with Crippen LogP contribution in [0.1, 0.15) is 63.4 Å². The number of nitrogens with zero attached hydrogens (tertiary/aromatic N) is 2. The maximum atomic E-state index is 8.84. The molecule has 3 aliphatic rings. The molecule has 2 unspecified atom stereocenters. The summed E-state index contributed by atoms with van der Waals surface area (Å²) in [6.45, 7) is 4.29. The minimum Gasteiger partial charge on any atom is -0.481 e. The number of aliphatic hydroxyl groups is 1. The lowest BCUT2D eigenvalue weighted by Gasteiger charge is -2.40. The maximum absolute atomic E-state index is 8.84. The molecule has 0 aliphatic carbocycles. The summed E-state index contributed by atoms with van der Waals surface area (Å²) in [6.07, 6.45) is 11.8. The first kappa shape index (κ1) is 21.6. The van der Waals surface area contributed by atoms with E-state index in [1.165, 1.54) is 82.3 Å². The van der Waals surface area contributed by atoms with Crippen LogP contribution in [-0.2, 0) is 11.2 Å². The van der Waals surface area contributed by atoms with E-state index in [4.69, 9.17) is 15.3 Å². The Balaban J connectivity index is 1.17. The second kappa shape index (κ2) is 10.6. The Morgan fingerprint density at radius 1 is 1.10 bits per heavy atom. The molecule has 1 aromatic rings. The molecule has 30 heavy (non-hydrogen) atoms. The topological polar surface area (TPSA) is 59.8 Å². The zero-order valence-corrected chi connectivity index (χ0v) is 18.4. The Kier molecular flexibility index (Phi) is 7.67. The molecule has 2 N–H and O–H groups in total. The van der Waals surface area contributed by atoms with E-state index in [0.29, 0.717) is 13.0 Å². The number of anilines is 1. The van der Waals surface area contributed by atoms with Gasteiger partial charge in [-0.05, 0) is 75.3 Å². The number of para-hydroxylation sites is 1. The minimum atomic E-state index is 0.00489. The lowest BCUT2D eigenvalue weighted by molar-refractivity contribution is 0.0961. The van der Waals surface area contributed by atoms with Crippen molar-refractivity contribution in [1.82, 2.24) is 4.90 Å². The summed E-state index contributed by atoms with van der Waals surface area (Å²) in [4.78, 5) is 5.45. The van der Waals surface area contributed by atoms with Crippen molar-refractivity contribution in [2.75, 3.05) is 37.7 Å². The Labute approximate surface area is 181 Å². The average Bonchev–Trinajstić information content (AvgIpc) is 2.99. The Bertz CT molecular complexity index is 681. The van der Waals surface area contributed by atoms with Gasteiger partial charge >= 0.3 is 0 Å². The molecule has 0 saturated carbocycles. The van der Waals surface area contributed by atoms with Crippen LogP contribution in [0.4, 0.5) is 5.69 Å². The highest BCUT2D eigenvalue weighted by Gasteiger charge is 2.39. The zero-order chi connectivity index (χ0) is 20.8. The number of fused-ring (bicyclic) bond motifs is 3. The highest BCUT2D eigenvalue weighted by molar-refractivity contribution is 5.72. The Hall–Kier alpha value is -1.59. The Morgan fingerprint density at radius 3 is 2.70 bits per heavy atom. The van der Waals surface area contributed by atoms with Crippen LogP contribution in [0.5, 0.6) is 0 Å². The second-order valence-electron chi connectivity index (χ2n) is 9.42. The summed E-state index contributed by atoms with van der Waals surface area (Å²) < 4.78 is 5.41. The summed E-state index contributed by atoms with van der Waals surface area (Å²) in [5.74, 6) is 1.05. The standard InChI is InChI=1S/C25H39N3O2/c26-25(12-16-29)30-17-4-6-20-18-22-10-11-23(19-20)28(22)15-5-14-27-13-3-8-21-7-1-2-9-24(21)27/h1-2,7,9,20,22-23,26,29H,3-6,8,10-19H2. The van der Waals surface area contributed by atoms with Crippen molar-refractivity contribution in [2.24, 2.45) is 5.92 Å². The number of benzene rings is 1. The number of ether oxygens (including phenoxy) is 1. The van der Waals surface area contributed by atoms with E-state index in [1.54, 1.807) is 0 Å². The van der Waals surface area contributed by atoms with E-state index in [0.717, 1.165) is 24.4 Å². The predicted molar refractivity (Wildman–Crippen MR) is 122 cm³/mol. The fourth-order valence-electron chi connectivity index (χ4n) is 6.02. The van der Waals surface area contributed by atoms with Gasteiger partial charge in [0.1, 0.15) is 0 Å². The molecule has 4 rings (SSSR count). The molecule has 5 heteroatoms. The second-order valence-corrected chi connectivity index (χ2v) is 9.42. The number of hydrogen-bond acceptors (Lipinski definition) is 5. The van der Waals surface area contributed by atoms with E-state index >= 15 is 0 Å². The van der Waals surface area contributed by atoms with Crippen LogP contribution in [0.25, 0.3) is 0 Å². The summed E-state index contributed by atoms with van der Waals surface area (Å²) in [5, 5.41) is 16.4. The van der Waals surface area contributed by atoms with E-state index in [1.807, 2.05) is 0 Å². The van der Waals surface area contributed by atoms with Crippen LogP contribution in [0.15, 0.2) is 24.3 Å².